The highest BCUT2D eigenvalue weighted by Crippen LogP contribution is 2.38. The van der Waals surface area contributed by atoms with Crippen LogP contribution in [-0.2, 0) is 15.0 Å². The maximum atomic E-state index is 11.9. The maximum absolute atomic E-state index is 11.9. The van der Waals surface area contributed by atoms with E-state index in [1.54, 1.807) is 36.4 Å². The van der Waals surface area contributed by atoms with Crippen molar-refractivity contribution in [2.75, 3.05) is 0 Å². The SMILES string of the molecule is C=C(C(=O)[O-])C(C(=O)[O-])(c1ccccc1)c1ccccc1. The Morgan fingerprint density at radius 1 is 0.810 bits per heavy atom. The van der Waals surface area contributed by atoms with Gasteiger partial charge in [-0.15, -0.1) is 0 Å². The quantitative estimate of drug-likeness (QED) is 0.724. The van der Waals surface area contributed by atoms with Crippen LogP contribution in [0.3, 0.4) is 0 Å². The molecule has 4 nitrogen and oxygen atoms in total. The summed E-state index contributed by atoms with van der Waals surface area (Å²) < 4.78 is 0. The molecule has 0 aliphatic carbocycles. The number of aliphatic carboxylic acids is 2. The summed E-state index contributed by atoms with van der Waals surface area (Å²) >= 11 is 0. The van der Waals surface area contributed by atoms with Crippen LogP contribution in [-0.4, -0.2) is 11.9 Å². The third-order valence-corrected chi connectivity index (χ3v) is 3.42. The smallest absolute Gasteiger partial charge is 0.0858 e. The Morgan fingerprint density at radius 3 is 1.48 bits per heavy atom. The molecule has 21 heavy (non-hydrogen) atoms. The van der Waals surface area contributed by atoms with E-state index >= 15 is 0 Å². The largest absolute Gasteiger partial charge is 0.548 e. The average Bonchev–Trinajstić information content (AvgIpc) is 2.49. The first-order valence-corrected chi connectivity index (χ1v) is 6.24. The van der Waals surface area contributed by atoms with Crippen LogP contribution in [0.2, 0.25) is 0 Å². The summed E-state index contributed by atoms with van der Waals surface area (Å²) in [4.78, 5) is 23.2. The van der Waals surface area contributed by atoms with Gasteiger partial charge in [0, 0.05) is 0 Å². The first-order chi connectivity index (χ1) is 10.0. The van der Waals surface area contributed by atoms with Crippen molar-refractivity contribution in [3.63, 3.8) is 0 Å². The van der Waals surface area contributed by atoms with E-state index in [-0.39, 0.29) is 11.1 Å². The fraction of sp³-hybridized carbons (Fsp3) is 0.0588. The molecule has 2 rings (SSSR count). The van der Waals surface area contributed by atoms with Gasteiger partial charge in [0.25, 0.3) is 0 Å². The molecule has 4 heteroatoms. The second-order valence-electron chi connectivity index (χ2n) is 4.54. The predicted molar refractivity (Wildman–Crippen MR) is 72.8 cm³/mol. The van der Waals surface area contributed by atoms with Gasteiger partial charge in [0.1, 0.15) is 0 Å². The Labute approximate surface area is 122 Å². The molecule has 0 saturated heterocycles. The van der Waals surface area contributed by atoms with Gasteiger partial charge in [0.05, 0.1) is 17.4 Å². The number of carbonyl (C=O) groups excluding carboxylic acids is 2. The second-order valence-corrected chi connectivity index (χ2v) is 4.54. The van der Waals surface area contributed by atoms with E-state index in [9.17, 15) is 19.8 Å². The first kappa shape index (κ1) is 14.5. The van der Waals surface area contributed by atoms with Gasteiger partial charge in [-0.05, 0) is 16.7 Å². The Bertz CT molecular complexity index is 635. The van der Waals surface area contributed by atoms with Crippen LogP contribution in [0.15, 0.2) is 72.8 Å². The fourth-order valence-electron chi connectivity index (χ4n) is 2.40. The van der Waals surface area contributed by atoms with Gasteiger partial charge >= 0.3 is 0 Å². The Hall–Kier alpha value is -2.88. The van der Waals surface area contributed by atoms with E-state index < -0.39 is 22.9 Å². The number of carboxylic acids is 2. The van der Waals surface area contributed by atoms with Crippen molar-refractivity contribution in [1.82, 2.24) is 0 Å². The summed E-state index contributed by atoms with van der Waals surface area (Å²) in [7, 11) is 0. The molecule has 0 radical (unpaired) electrons. The van der Waals surface area contributed by atoms with Crippen molar-refractivity contribution in [1.29, 1.82) is 0 Å². The van der Waals surface area contributed by atoms with E-state index in [0.717, 1.165) is 0 Å². The molecule has 0 N–H and O–H groups in total. The molecular formula is C17H12O4-2. The lowest BCUT2D eigenvalue weighted by Gasteiger charge is -2.38. The molecule has 0 aromatic heterocycles. The molecule has 0 bridgehead atoms. The van der Waals surface area contributed by atoms with Crippen LogP contribution < -0.4 is 10.2 Å². The zero-order valence-corrected chi connectivity index (χ0v) is 11.1. The van der Waals surface area contributed by atoms with Crippen LogP contribution in [0.5, 0.6) is 0 Å². The molecule has 0 atom stereocenters. The molecule has 0 aliphatic heterocycles. The minimum atomic E-state index is -1.98. The number of carboxylic acid groups (broad SMARTS) is 2. The molecule has 0 saturated carbocycles. The van der Waals surface area contributed by atoms with Crippen molar-refractivity contribution in [3.8, 4) is 0 Å². The van der Waals surface area contributed by atoms with E-state index in [4.69, 9.17) is 0 Å². The molecule has 0 spiro atoms. The number of carbonyl (C=O) groups is 2. The van der Waals surface area contributed by atoms with Crippen molar-refractivity contribution < 1.29 is 19.8 Å². The van der Waals surface area contributed by atoms with E-state index in [2.05, 4.69) is 6.58 Å². The van der Waals surface area contributed by atoms with Crippen molar-refractivity contribution in [2.45, 2.75) is 5.41 Å². The van der Waals surface area contributed by atoms with Gasteiger partial charge in [-0.3, -0.25) is 0 Å². The maximum Gasteiger partial charge on any atom is 0.0858 e. The van der Waals surface area contributed by atoms with Gasteiger partial charge in [0.2, 0.25) is 0 Å². The van der Waals surface area contributed by atoms with Crippen LogP contribution in [0.4, 0.5) is 0 Å². The molecule has 0 fully saturated rings. The van der Waals surface area contributed by atoms with Crippen molar-refractivity contribution >= 4 is 11.9 Å². The summed E-state index contributed by atoms with van der Waals surface area (Å²) in [6.07, 6.45) is 0. The van der Waals surface area contributed by atoms with Crippen LogP contribution in [0, 0.1) is 0 Å². The van der Waals surface area contributed by atoms with Gasteiger partial charge in [-0.1, -0.05) is 67.2 Å². The molecule has 106 valence electrons. The molecule has 2 aromatic carbocycles. The zero-order chi connectivity index (χ0) is 15.5. The highest BCUT2D eigenvalue weighted by Gasteiger charge is 2.39. The third kappa shape index (κ3) is 2.31. The normalized spacial score (nSPS) is 10.9. The lowest BCUT2D eigenvalue weighted by molar-refractivity contribution is -0.315. The fourth-order valence-corrected chi connectivity index (χ4v) is 2.40. The van der Waals surface area contributed by atoms with E-state index in [1.807, 2.05) is 0 Å². The summed E-state index contributed by atoms with van der Waals surface area (Å²) in [6.45, 7) is 3.42. The minimum absolute atomic E-state index is 0.255. The molecule has 0 aliphatic rings. The predicted octanol–water partition coefficient (Wildman–Crippen LogP) is 0.0287. The summed E-state index contributed by atoms with van der Waals surface area (Å²) in [5, 5.41) is 23.2. The van der Waals surface area contributed by atoms with Gasteiger partial charge < -0.3 is 19.8 Å². The highest BCUT2D eigenvalue weighted by molar-refractivity contribution is 6.01. The lowest BCUT2D eigenvalue weighted by atomic mass is 9.69. The summed E-state index contributed by atoms with van der Waals surface area (Å²) in [5.41, 5.74) is -2.04. The molecule has 2 aromatic rings. The summed E-state index contributed by atoms with van der Waals surface area (Å²) in [5.74, 6) is -3.19. The van der Waals surface area contributed by atoms with Gasteiger partial charge in [-0.25, -0.2) is 0 Å². The lowest BCUT2D eigenvalue weighted by Crippen LogP contribution is -2.51. The average molecular weight is 280 g/mol. The first-order valence-electron chi connectivity index (χ1n) is 6.24. The zero-order valence-electron chi connectivity index (χ0n) is 11.1. The summed E-state index contributed by atoms with van der Waals surface area (Å²) in [6, 6.07) is 16.0. The standard InChI is InChI=1S/C17H14O4/c1-12(15(18)19)17(16(20)21,13-8-4-2-5-9-13)14-10-6-3-7-11-14/h2-11H,1H2,(H,18,19)(H,20,21)/p-2. The van der Waals surface area contributed by atoms with Crippen LogP contribution in [0.25, 0.3) is 0 Å². The van der Waals surface area contributed by atoms with Gasteiger partial charge in [-0.2, -0.15) is 0 Å². The monoisotopic (exact) mass is 280 g/mol. The number of rotatable bonds is 5. The second kappa shape index (κ2) is 5.63. The molecule has 0 heterocycles. The Morgan fingerprint density at radius 2 is 1.19 bits per heavy atom. The van der Waals surface area contributed by atoms with Crippen molar-refractivity contribution in [3.05, 3.63) is 83.9 Å². The topological polar surface area (TPSA) is 80.3 Å². The number of benzene rings is 2. The molecule has 0 amide bonds. The highest BCUT2D eigenvalue weighted by atomic mass is 16.4. The molecule has 0 unspecified atom stereocenters. The number of hydrogen-bond acceptors (Lipinski definition) is 4. The van der Waals surface area contributed by atoms with E-state index in [1.165, 1.54) is 24.3 Å². The molecular weight excluding hydrogens is 268 g/mol. The van der Waals surface area contributed by atoms with Crippen LogP contribution >= 0.6 is 0 Å². The third-order valence-electron chi connectivity index (χ3n) is 3.42. The minimum Gasteiger partial charge on any atom is -0.548 e. The Balaban J connectivity index is 2.83. The van der Waals surface area contributed by atoms with Crippen molar-refractivity contribution in [2.24, 2.45) is 0 Å². The Kier molecular flexibility index (Phi) is 3.89. The van der Waals surface area contributed by atoms with Gasteiger partial charge in [0.15, 0.2) is 0 Å². The number of hydrogen-bond donors (Lipinski definition) is 0. The van der Waals surface area contributed by atoms with Crippen LogP contribution in [0.1, 0.15) is 11.1 Å². The van der Waals surface area contributed by atoms with E-state index in [0.29, 0.717) is 0 Å².